The zero-order valence-electron chi connectivity index (χ0n) is 7.67. The number of carbonyl (C=O) groups excluding carboxylic acids is 1. The smallest absolute Gasteiger partial charge is 0.300 e. The summed E-state index contributed by atoms with van der Waals surface area (Å²) >= 11 is 0. The van der Waals surface area contributed by atoms with Gasteiger partial charge in [-0.25, -0.2) is 8.78 Å². The molecule has 0 radical (unpaired) electrons. The van der Waals surface area contributed by atoms with Crippen LogP contribution in [-0.4, -0.2) is 18.8 Å². The number of para-hydroxylation sites is 1. The third-order valence-electron chi connectivity index (χ3n) is 1.65. The van der Waals surface area contributed by atoms with Crippen molar-refractivity contribution in [1.82, 2.24) is 0 Å². The Balaban J connectivity index is 3.00. The fourth-order valence-electron chi connectivity index (χ4n) is 1.07. The second-order valence-electron chi connectivity index (χ2n) is 2.59. The first kappa shape index (κ1) is 10.6. The number of hydrogen-bond donors (Lipinski definition) is 0. The minimum absolute atomic E-state index is 0.0654. The maximum Gasteiger partial charge on any atom is 0.300 e. The Morgan fingerprint density at radius 3 is 2.64 bits per heavy atom. The van der Waals surface area contributed by atoms with Crippen LogP contribution in [-0.2, 0) is 0 Å². The number of benzene rings is 1. The lowest BCUT2D eigenvalue weighted by Crippen LogP contribution is -2.12. The lowest BCUT2D eigenvalue weighted by molar-refractivity contribution is 0.0674. The van der Waals surface area contributed by atoms with Gasteiger partial charge in [-0.15, -0.1) is 0 Å². The highest BCUT2D eigenvalue weighted by molar-refractivity contribution is 6.00. The highest BCUT2D eigenvalue weighted by atomic mass is 19.3. The molecular formula is C10H10F2O2. The fraction of sp³-hybridized carbons (Fsp3) is 0.300. The van der Waals surface area contributed by atoms with E-state index in [2.05, 4.69) is 0 Å². The Morgan fingerprint density at radius 2 is 2.07 bits per heavy atom. The van der Waals surface area contributed by atoms with Gasteiger partial charge in [-0.2, -0.15) is 0 Å². The molecule has 0 heterocycles. The minimum Gasteiger partial charge on any atom is -0.493 e. The summed E-state index contributed by atoms with van der Waals surface area (Å²) in [4.78, 5) is 11.0. The van der Waals surface area contributed by atoms with Crippen molar-refractivity contribution in [3.05, 3.63) is 29.8 Å². The van der Waals surface area contributed by atoms with Crippen LogP contribution in [0, 0.1) is 0 Å². The normalized spacial score (nSPS) is 10.3. The molecule has 0 saturated carbocycles. The first-order chi connectivity index (χ1) is 6.66. The molecule has 0 spiro atoms. The van der Waals surface area contributed by atoms with Crippen LogP contribution in [0.2, 0.25) is 0 Å². The van der Waals surface area contributed by atoms with Crippen LogP contribution in [0.15, 0.2) is 24.3 Å². The minimum atomic E-state index is -2.99. The second-order valence-corrected chi connectivity index (χ2v) is 2.59. The van der Waals surface area contributed by atoms with Crippen LogP contribution in [0.5, 0.6) is 5.75 Å². The van der Waals surface area contributed by atoms with Gasteiger partial charge in [-0.1, -0.05) is 12.1 Å². The first-order valence-electron chi connectivity index (χ1n) is 4.21. The van der Waals surface area contributed by atoms with Crippen LogP contribution in [0.25, 0.3) is 0 Å². The van der Waals surface area contributed by atoms with Crippen LogP contribution in [0.3, 0.4) is 0 Å². The number of hydrogen-bond acceptors (Lipinski definition) is 2. The molecule has 0 fully saturated rings. The van der Waals surface area contributed by atoms with Crippen molar-refractivity contribution < 1.29 is 18.3 Å². The van der Waals surface area contributed by atoms with Gasteiger partial charge in [0, 0.05) is 0 Å². The summed E-state index contributed by atoms with van der Waals surface area (Å²) in [5, 5.41) is 0. The molecule has 0 aliphatic rings. The molecule has 0 unspecified atom stereocenters. The van der Waals surface area contributed by atoms with Crippen molar-refractivity contribution in [2.75, 3.05) is 6.61 Å². The van der Waals surface area contributed by atoms with Crippen molar-refractivity contribution in [2.45, 2.75) is 13.3 Å². The lowest BCUT2D eigenvalue weighted by Gasteiger charge is -2.07. The monoisotopic (exact) mass is 200 g/mol. The van der Waals surface area contributed by atoms with Crippen molar-refractivity contribution in [2.24, 2.45) is 0 Å². The standard InChI is InChI=1S/C10H10F2O2/c1-2-14-8-6-4-3-5-7(8)9(13)10(11)12/h3-6,10H,2H2,1H3. The Hall–Kier alpha value is -1.45. The fourth-order valence-corrected chi connectivity index (χ4v) is 1.07. The molecule has 0 N–H and O–H groups in total. The summed E-state index contributed by atoms with van der Waals surface area (Å²) in [6, 6.07) is 5.99. The van der Waals surface area contributed by atoms with E-state index in [0.29, 0.717) is 6.61 Å². The number of ketones is 1. The van der Waals surface area contributed by atoms with Gasteiger partial charge in [0.1, 0.15) is 5.75 Å². The van der Waals surface area contributed by atoms with E-state index in [4.69, 9.17) is 4.74 Å². The SMILES string of the molecule is CCOc1ccccc1C(=O)C(F)F. The molecule has 1 rings (SSSR count). The molecule has 0 aromatic heterocycles. The average molecular weight is 200 g/mol. The third kappa shape index (κ3) is 2.28. The highest BCUT2D eigenvalue weighted by Gasteiger charge is 2.20. The predicted octanol–water partition coefficient (Wildman–Crippen LogP) is 2.53. The maximum atomic E-state index is 12.1. The Bertz CT molecular complexity index is 324. The van der Waals surface area contributed by atoms with E-state index in [1.54, 1.807) is 13.0 Å². The van der Waals surface area contributed by atoms with Gasteiger partial charge < -0.3 is 4.74 Å². The molecule has 1 aromatic rings. The van der Waals surface area contributed by atoms with Crippen LogP contribution < -0.4 is 4.74 Å². The largest absolute Gasteiger partial charge is 0.493 e. The van der Waals surface area contributed by atoms with E-state index >= 15 is 0 Å². The van der Waals surface area contributed by atoms with E-state index < -0.39 is 12.2 Å². The number of halogens is 2. The number of carbonyl (C=O) groups is 1. The molecule has 0 aliphatic heterocycles. The van der Waals surface area contributed by atoms with Gasteiger partial charge in [-0.05, 0) is 19.1 Å². The Kier molecular flexibility index (Phi) is 3.56. The third-order valence-corrected chi connectivity index (χ3v) is 1.65. The van der Waals surface area contributed by atoms with Crippen molar-refractivity contribution in [1.29, 1.82) is 0 Å². The molecule has 4 heteroatoms. The lowest BCUT2D eigenvalue weighted by atomic mass is 10.1. The van der Waals surface area contributed by atoms with Crippen molar-refractivity contribution in [3.63, 3.8) is 0 Å². The summed E-state index contributed by atoms with van der Waals surface area (Å²) in [5.41, 5.74) is -0.0654. The molecule has 0 atom stereocenters. The predicted molar refractivity (Wildman–Crippen MR) is 47.9 cm³/mol. The molecule has 76 valence electrons. The Labute approximate surface area is 80.5 Å². The van der Waals surface area contributed by atoms with Crippen LogP contribution in [0.4, 0.5) is 8.78 Å². The quantitative estimate of drug-likeness (QED) is 0.698. The molecule has 0 bridgehead atoms. The zero-order valence-corrected chi connectivity index (χ0v) is 7.67. The van der Waals surface area contributed by atoms with E-state index in [9.17, 15) is 13.6 Å². The molecule has 14 heavy (non-hydrogen) atoms. The highest BCUT2D eigenvalue weighted by Crippen LogP contribution is 2.20. The van der Waals surface area contributed by atoms with E-state index in [1.165, 1.54) is 18.2 Å². The molecule has 0 aliphatic carbocycles. The second kappa shape index (κ2) is 4.69. The molecule has 0 saturated heterocycles. The van der Waals surface area contributed by atoms with Gasteiger partial charge in [0.25, 0.3) is 0 Å². The maximum absolute atomic E-state index is 12.1. The van der Waals surface area contributed by atoms with E-state index in [0.717, 1.165) is 0 Å². The molecule has 2 nitrogen and oxygen atoms in total. The number of rotatable bonds is 4. The van der Waals surface area contributed by atoms with Crippen LogP contribution in [0.1, 0.15) is 17.3 Å². The van der Waals surface area contributed by atoms with Gasteiger partial charge in [0.15, 0.2) is 0 Å². The summed E-state index contributed by atoms with van der Waals surface area (Å²) in [6.45, 7) is 2.07. The summed E-state index contributed by atoms with van der Waals surface area (Å²) in [6.07, 6.45) is -2.99. The zero-order chi connectivity index (χ0) is 10.6. The number of Topliss-reactive ketones (excluding diaryl/α,β-unsaturated/α-hetero) is 1. The average Bonchev–Trinajstić information content (AvgIpc) is 2.18. The van der Waals surface area contributed by atoms with E-state index in [-0.39, 0.29) is 11.3 Å². The molecule has 1 aromatic carbocycles. The van der Waals surface area contributed by atoms with Crippen LogP contribution >= 0.6 is 0 Å². The van der Waals surface area contributed by atoms with Gasteiger partial charge >= 0.3 is 6.43 Å². The van der Waals surface area contributed by atoms with E-state index in [1.807, 2.05) is 0 Å². The summed E-state index contributed by atoms with van der Waals surface area (Å²) in [5.74, 6) is -0.991. The van der Waals surface area contributed by atoms with Gasteiger partial charge in [0.05, 0.1) is 12.2 Å². The topological polar surface area (TPSA) is 26.3 Å². The Morgan fingerprint density at radius 1 is 1.43 bits per heavy atom. The molecular weight excluding hydrogens is 190 g/mol. The summed E-state index contributed by atoms with van der Waals surface area (Å²) in [7, 11) is 0. The van der Waals surface area contributed by atoms with Gasteiger partial charge in [-0.3, -0.25) is 4.79 Å². The van der Waals surface area contributed by atoms with Crippen molar-refractivity contribution in [3.8, 4) is 5.75 Å². The first-order valence-corrected chi connectivity index (χ1v) is 4.21. The number of alkyl halides is 2. The molecule has 0 amide bonds. The van der Waals surface area contributed by atoms with Crippen molar-refractivity contribution >= 4 is 5.78 Å². The van der Waals surface area contributed by atoms with Gasteiger partial charge in [0.2, 0.25) is 5.78 Å². The summed E-state index contributed by atoms with van der Waals surface area (Å²) < 4.78 is 29.3. The number of ether oxygens (including phenoxy) is 1.